The number of aromatic nitrogens is 2. The van der Waals surface area contributed by atoms with Crippen LogP contribution in [0.5, 0.6) is 5.75 Å². The van der Waals surface area contributed by atoms with E-state index in [4.69, 9.17) is 14.1 Å². The number of benzene rings is 1. The number of aryl methyl sites for hydroxylation is 1. The minimum Gasteiger partial charge on any atom is -0.490 e. The molecule has 0 bridgehead atoms. The molecule has 7 nitrogen and oxygen atoms in total. The van der Waals surface area contributed by atoms with Crippen molar-refractivity contribution in [2.75, 3.05) is 20.2 Å². The van der Waals surface area contributed by atoms with Gasteiger partial charge < -0.3 is 19.0 Å². The topological polar surface area (TPSA) is 88.4 Å². The number of piperidine rings is 1. The second-order valence-electron chi connectivity index (χ2n) is 6.84. The van der Waals surface area contributed by atoms with E-state index >= 15 is 0 Å². The summed E-state index contributed by atoms with van der Waals surface area (Å²) < 4.78 is 10.2. The maximum Gasteiger partial charge on any atom is 0.289 e. The van der Waals surface area contributed by atoms with Gasteiger partial charge in [0.25, 0.3) is 5.91 Å². The van der Waals surface area contributed by atoms with Crippen molar-refractivity contribution >= 4 is 16.9 Å². The Morgan fingerprint density at radius 2 is 2.11 bits per heavy atom. The quantitative estimate of drug-likeness (QED) is 0.769. The molecule has 0 unspecified atom stereocenters. The molecule has 1 aliphatic heterocycles. The summed E-state index contributed by atoms with van der Waals surface area (Å²) >= 11 is 0. The fraction of sp³-hybridized carbons (Fsp3) is 0.350. The van der Waals surface area contributed by atoms with Gasteiger partial charge in [-0.2, -0.15) is 0 Å². The maximum atomic E-state index is 12.6. The van der Waals surface area contributed by atoms with E-state index in [1.165, 1.54) is 19.4 Å². The first kappa shape index (κ1) is 17.3. The summed E-state index contributed by atoms with van der Waals surface area (Å²) in [4.78, 5) is 34.3. The average Bonchev–Trinajstić information content (AvgIpc) is 3.13. The first-order valence-electron chi connectivity index (χ1n) is 8.98. The van der Waals surface area contributed by atoms with Crippen molar-refractivity contribution in [3.63, 3.8) is 0 Å². The molecule has 1 saturated heterocycles. The molecule has 0 saturated carbocycles. The van der Waals surface area contributed by atoms with E-state index in [-0.39, 0.29) is 28.8 Å². The summed E-state index contributed by atoms with van der Waals surface area (Å²) in [5.41, 5.74) is 2.84. The molecule has 1 aliphatic rings. The zero-order valence-electron chi connectivity index (χ0n) is 15.3. The van der Waals surface area contributed by atoms with Gasteiger partial charge in [0.05, 0.1) is 18.1 Å². The average molecular weight is 367 g/mol. The Morgan fingerprint density at radius 3 is 2.78 bits per heavy atom. The molecule has 3 heterocycles. The van der Waals surface area contributed by atoms with Gasteiger partial charge in [-0.1, -0.05) is 12.1 Å². The largest absolute Gasteiger partial charge is 0.490 e. The number of likely N-dealkylation sites (tertiary alicyclic amines) is 1. The van der Waals surface area contributed by atoms with E-state index < -0.39 is 0 Å². The van der Waals surface area contributed by atoms with Crippen LogP contribution in [0.2, 0.25) is 0 Å². The van der Waals surface area contributed by atoms with Crippen molar-refractivity contribution < 1.29 is 13.9 Å². The number of carbonyl (C=O) groups is 1. The molecule has 0 atom stereocenters. The van der Waals surface area contributed by atoms with Crippen molar-refractivity contribution in [1.82, 2.24) is 14.9 Å². The molecule has 1 fully saturated rings. The van der Waals surface area contributed by atoms with E-state index in [2.05, 4.69) is 18.0 Å². The zero-order valence-corrected chi connectivity index (χ0v) is 15.3. The van der Waals surface area contributed by atoms with Gasteiger partial charge in [0.15, 0.2) is 5.76 Å². The van der Waals surface area contributed by atoms with Crippen LogP contribution in [0.4, 0.5) is 0 Å². The minimum atomic E-state index is -0.361. The lowest BCUT2D eigenvalue weighted by Gasteiger charge is -2.30. The normalized spacial score (nSPS) is 15.3. The Balaban J connectivity index is 1.46. The highest BCUT2D eigenvalue weighted by Crippen LogP contribution is 2.29. The molecule has 1 amide bonds. The van der Waals surface area contributed by atoms with Crippen molar-refractivity contribution in [3.05, 3.63) is 57.9 Å². The molecule has 0 aliphatic carbocycles. The van der Waals surface area contributed by atoms with Crippen LogP contribution in [0.1, 0.15) is 40.7 Å². The Bertz CT molecular complexity index is 1040. The van der Waals surface area contributed by atoms with Crippen molar-refractivity contribution in [3.8, 4) is 5.75 Å². The Labute approximate surface area is 156 Å². The SMILES string of the molecule is COc1coc(C(=O)N2CCC(c3nc4c(C)cccc4[nH]3)CC2)cc1=O. The molecule has 1 N–H and O–H groups in total. The van der Waals surface area contributed by atoms with Crippen LogP contribution in [-0.2, 0) is 0 Å². The number of amides is 1. The molecule has 4 rings (SSSR count). The number of carbonyl (C=O) groups excluding carboxylic acids is 1. The van der Waals surface area contributed by atoms with Gasteiger partial charge in [0, 0.05) is 25.1 Å². The van der Waals surface area contributed by atoms with Gasteiger partial charge >= 0.3 is 0 Å². The lowest BCUT2D eigenvalue weighted by atomic mass is 9.96. The fourth-order valence-corrected chi connectivity index (χ4v) is 3.56. The number of para-hydroxylation sites is 1. The number of H-pyrrole nitrogens is 1. The molecule has 3 aromatic rings. The third-order valence-corrected chi connectivity index (χ3v) is 5.13. The number of hydrogen-bond donors (Lipinski definition) is 1. The Hall–Kier alpha value is -3.09. The smallest absolute Gasteiger partial charge is 0.289 e. The number of hydrogen-bond acceptors (Lipinski definition) is 5. The van der Waals surface area contributed by atoms with Crippen LogP contribution in [0.25, 0.3) is 11.0 Å². The van der Waals surface area contributed by atoms with E-state index in [0.29, 0.717) is 13.1 Å². The van der Waals surface area contributed by atoms with Gasteiger partial charge in [0.1, 0.15) is 12.1 Å². The number of nitrogens with one attached hydrogen (secondary N) is 1. The Kier molecular flexibility index (Phi) is 4.43. The number of nitrogens with zero attached hydrogens (tertiary/aromatic N) is 2. The van der Waals surface area contributed by atoms with Crippen LogP contribution >= 0.6 is 0 Å². The van der Waals surface area contributed by atoms with E-state index in [1.54, 1.807) is 4.90 Å². The lowest BCUT2D eigenvalue weighted by Crippen LogP contribution is -2.38. The van der Waals surface area contributed by atoms with Crippen LogP contribution < -0.4 is 10.2 Å². The van der Waals surface area contributed by atoms with Gasteiger partial charge in [-0.25, -0.2) is 4.98 Å². The number of aromatic amines is 1. The molecule has 1 aromatic carbocycles. The van der Waals surface area contributed by atoms with Crippen LogP contribution in [0, 0.1) is 6.92 Å². The number of rotatable bonds is 3. The van der Waals surface area contributed by atoms with E-state index in [1.807, 2.05) is 12.1 Å². The first-order valence-corrected chi connectivity index (χ1v) is 8.98. The highest BCUT2D eigenvalue weighted by atomic mass is 16.5. The molecule has 0 spiro atoms. The van der Waals surface area contributed by atoms with Crippen molar-refractivity contribution in [2.45, 2.75) is 25.7 Å². The summed E-state index contributed by atoms with van der Waals surface area (Å²) in [7, 11) is 1.39. The van der Waals surface area contributed by atoms with E-state index in [9.17, 15) is 9.59 Å². The standard InChI is InChI=1S/C20H21N3O4/c1-12-4-3-5-14-18(12)22-19(21-14)13-6-8-23(9-7-13)20(25)16-10-15(24)17(26-2)11-27-16/h3-5,10-11,13H,6-9H2,1-2H3,(H,21,22). The van der Waals surface area contributed by atoms with E-state index in [0.717, 1.165) is 35.3 Å². The second kappa shape index (κ2) is 6.90. The van der Waals surface area contributed by atoms with Gasteiger partial charge in [0.2, 0.25) is 11.2 Å². The fourth-order valence-electron chi connectivity index (χ4n) is 3.56. The monoisotopic (exact) mass is 367 g/mol. The van der Waals surface area contributed by atoms with Crippen LogP contribution in [-0.4, -0.2) is 41.0 Å². The van der Waals surface area contributed by atoms with Crippen LogP contribution in [0.3, 0.4) is 0 Å². The zero-order chi connectivity index (χ0) is 19.0. The molecule has 140 valence electrons. The highest BCUT2D eigenvalue weighted by Gasteiger charge is 2.28. The summed E-state index contributed by atoms with van der Waals surface area (Å²) in [5.74, 6) is 1.11. The van der Waals surface area contributed by atoms with Crippen molar-refractivity contribution in [1.29, 1.82) is 0 Å². The number of fused-ring (bicyclic) bond motifs is 1. The molecular weight excluding hydrogens is 346 g/mol. The van der Waals surface area contributed by atoms with Gasteiger partial charge in [-0.15, -0.1) is 0 Å². The summed E-state index contributed by atoms with van der Waals surface area (Å²) in [6.07, 6.45) is 2.80. The summed E-state index contributed by atoms with van der Waals surface area (Å²) in [6.45, 7) is 3.24. The molecule has 2 aromatic heterocycles. The molecule has 0 radical (unpaired) electrons. The molecule has 27 heavy (non-hydrogen) atoms. The van der Waals surface area contributed by atoms with Crippen LogP contribution in [0.15, 0.2) is 39.7 Å². The van der Waals surface area contributed by atoms with Crippen molar-refractivity contribution in [2.24, 2.45) is 0 Å². The maximum absolute atomic E-state index is 12.6. The van der Waals surface area contributed by atoms with Gasteiger partial charge in [-0.3, -0.25) is 9.59 Å². The third-order valence-electron chi connectivity index (χ3n) is 5.13. The minimum absolute atomic E-state index is 0.0404. The molecule has 7 heteroatoms. The third kappa shape index (κ3) is 3.20. The van der Waals surface area contributed by atoms with Gasteiger partial charge in [-0.05, 0) is 31.4 Å². The number of ether oxygens (including phenoxy) is 1. The Morgan fingerprint density at radius 1 is 1.33 bits per heavy atom. The second-order valence-corrected chi connectivity index (χ2v) is 6.84. The number of imidazole rings is 1. The predicted octanol–water partition coefficient (Wildman–Crippen LogP) is 2.85. The summed E-state index contributed by atoms with van der Waals surface area (Å²) in [6, 6.07) is 7.29. The first-order chi connectivity index (χ1) is 13.1. The number of methoxy groups -OCH3 is 1. The summed E-state index contributed by atoms with van der Waals surface area (Å²) in [5, 5.41) is 0. The molecular formula is C20H21N3O4. The predicted molar refractivity (Wildman–Crippen MR) is 100 cm³/mol. The highest BCUT2D eigenvalue weighted by molar-refractivity contribution is 5.91. The lowest BCUT2D eigenvalue weighted by molar-refractivity contribution is 0.0675.